The van der Waals surface area contributed by atoms with Gasteiger partial charge in [0.15, 0.2) is 0 Å². The van der Waals surface area contributed by atoms with Crippen molar-refractivity contribution in [1.29, 1.82) is 0 Å². The molecule has 0 amide bonds. The summed E-state index contributed by atoms with van der Waals surface area (Å²) in [6, 6.07) is 16.5. The smallest absolute Gasteiger partial charge is 0.123 e. The molecule has 3 rings (SSSR count). The number of nitrogens with zero attached hydrogens (tertiary/aromatic N) is 1. The minimum atomic E-state index is 0.884. The van der Waals surface area contributed by atoms with Crippen molar-refractivity contribution in [2.24, 2.45) is 0 Å². The zero-order valence-corrected chi connectivity index (χ0v) is 12.0. The van der Waals surface area contributed by atoms with Crippen LogP contribution in [-0.2, 0) is 0 Å². The van der Waals surface area contributed by atoms with E-state index in [1.807, 2.05) is 24.3 Å². The van der Waals surface area contributed by atoms with Crippen LogP contribution >= 0.6 is 0 Å². The maximum atomic E-state index is 5.40. The molecule has 2 heteroatoms. The van der Waals surface area contributed by atoms with Crippen LogP contribution in [0.2, 0.25) is 0 Å². The monoisotopic (exact) mass is 263 g/mol. The molecular formula is C18H17NO. The lowest BCUT2D eigenvalue weighted by molar-refractivity contribution is 0.412. The highest BCUT2D eigenvalue weighted by molar-refractivity contribution is 5.89. The molecule has 0 saturated heterocycles. The zero-order valence-electron chi connectivity index (χ0n) is 12.0. The first kappa shape index (κ1) is 12.7. The Kier molecular flexibility index (Phi) is 3.15. The third kappa shape index (κ3) is 2.03. The highest BCUT2D eigenvalue weighted by atomic mass is 16.5. The predicted molar refractivity (Wildman–Crippen MR) is 83.2 cm³/mol. The van der Waals surface area contributed by atoms with Gasteiger partial charge >= 0.3 is 0 Å². The van der Waals surface area contributed by atoms with Crippen LogP contribution in [0.15, 0.2) is 48.5 Å². The normalized spacial score (nSPS) is 10.8. The number of aromatic nitrogens is 1. The molecule has 0 atom stereocenters. The van der Waals surface area contributed by atoms with Gasteiger partial charge in [0, 0.05) is 16.5 Å². The van der Waals surface area contributed by atoms with Gasteiger partial charge < -0.3 is 4.74 Å². The summed E-state index contributed by atoms with van der Waals surface area (Å²) in [6.45, 7) is 4.19. The van der Waals surface area contributed by atoms with Gasteiger partial charge in [-0.3, -0.25) is 0 Å². The number of fused-ring (bicyclic) bond motifs is 1. The molecule has 0 aliphatic heterocycles. The lowest BCUT2D eigenvalue weighted by atomic mass is 10.0. The van der Waals surface area contributed by atoms with Crippen molar-refractivity contribution >= 4 is 10.9 Å². The molecule has 0 radical (unpaired) electrons. The average molecular weight is 263 g/mol. The van der Waals surface area contributed by atoms with Crippen LogP contribution in [0.25, 0.3) is 22.2 Å². The molecule has 0 aliphatic carbocycles. The highest BCUT2D eigenvalue weighted by Gasteiger charge is 2.09. The minimum Gasteiger partial charge on any atom is -0.496 e. The van der Waals surface area contributed by atoms with Gasteiger partial charge in [0.05, 0.1) is 18.3 Å². The molecule has 100 valence electrons. The third-order valence-electron chi connectivity index (χ3n) is 3.68. The lowest BCUT2D eigenvalue weighted by Crippen LogP contribution is -1.94. The Morgan fingerprint density at radius 3 is 2.40 bits per heavy atom. The summed E-state index contributed by atoms with van der Waals surface area (Å²) >= 11 is 0. The minimum absolute atomic E-state index is 0.884. The third-order valence-corrected chi connectivity index (χ3v) is 3.68. The van der Waals surface area contributed by atoms with Crippen molar-refractivity contribution in [3.05, 3.63) is 59.7 Å². The van der Waals surface area contributed by atoms with Crippen molar-refractivity contribution in [3.63, 3.8) is 0 Å². The summed E-state index contributed by atoms with van der Waals surface area (Å²) < 4.78 is 5.40. The standard InChI is InChI=1S/C18H17NO/c1-12-11-16(14-7-5-4-6-8-14)19-18-13(2)17(20-3)10-9-15(12)18/h4-11H,1-3H3. The van der Waals surface area contributed by atoms with Crippen molar-refractivity contribution in [1.82, 2.24) is 4.98 Å². The van der Waals surface area contributed by atoms with E-state index >= 15 is 0 Å². The molecule has 0 saturated carbocycles. The van der Waals surface area contributed by atoms with Crippen molar-refractivity contribution < 1.29 is 4.74 Å². The fourth-order valence-corrected chi connectivity index (χ4v) is 2.56. The van der Waals surface area contributed by atoms with Crippen molar-refractivity contribution in [2.45, 2.75) is 13.8 Å². The molecule has 0 spiro atoms. The summed E-state index contributed by atoms with van der Waals surface area (Å²) in [4.78, 5) is 4.83. The molecular weight excluding hydrogens is 246 g/mol. The van der Waals surface area contributed by atoms with Crippen LogP contribution in [0.5, 0.6) is 5.75 Å². The molecule has 2 nitrogen and oxygen atoms in total. The molecule has 0 fully saturated rings. The Balaban J connectivity index is 2.30. The maximum Gasteiger partial charge on any atom is 0.123 e. The van der Waals surface area contributed by atoms with Gasteiger partial charge in [-0.15, -0.1) is 0 Å². The summed E-state index contributed by atoms with van der Waals surface area (Å²) in [5.74, 6) is 0.884. The number of rotatable bonds is 2. The van der Waals surface area contributed by atoms with E-state index in [1.165, 1.54) is 10.9 Å². The highest BCUT2D eigenvalue weighted by Crippen LogP contribution is 2.30. The second kappa shape index (κ2) is 4.97. The largest absolute Gasteiger partial charge is 0.496 e. The second-order valence-corrected chi connectivity index (χ2v) is 4.98. The molecule has 0 bridgehead atoms. The first-order valence-electron chi connectivity index (χ1n) is 6.71. The number of benzene rings is 2. The maximum absolute atomic E-state index is 5.40. The van der Waals surface area contributed by atoms with E-state index in [1.54, 1.807) is 7.11 Å². The van der Waals surface area contributed by atoms with Crippen LogP contribution in [0.3, 0.4) is 0 Å². The molecule has 0 aliphatic rings. The molecule has 0 N–H and O–H groups in total. The first-order chi connectivity index (χ1) is 9.70. The van der Waals surface area contributed by atoms with Crippen molar-refractivity contribution in [2.75, 3.05) is 7.11 Å². The summed E-state index contributed by atoms with van der Waals surface area (Å²) in [5, 5.41) is 1.18. The van der Waals surface area contributed by atoms with Crippen molar-refractivity contribution in [3.8, 4) is 17.0 Å². The Hall–Kier alpha value is -2.35. The van der Waals surface area contributed by atoms with Gasteiger partial charge in [-0.2, -0.15) is 0 Å². The molecule has 3 aromatic rings. The van der Waals surface area contributed by atoms with Gasteiger partial charge in [-0.05, 0) is 37.6 Å². The van der Waals surface area contributed by atoms with Gasteiger partial charge in [0.2, 0.25) is 0 Å². The SMILES string of the molecule is COc1ccc2c(C)cc(-c3ccccc3)nc2c1C. The number of hydrogen-bond acceptors (Lipinski definition) is 2. The Bertz CT molecular complexity index is 763. The van der Waals surface area contributed by atoms with E-state index in [9.17, 15) is 0 Å². The van der Waals surface area contributed by atoms with Gasteiger partial charge in [0.25, 0.3) is 0 Å². The molecule has 0 unspecified atom stereocenters. The molecule has 20 heavy (non-hydrogen) atoms. The number of hydrogen-bond donors (Lipinski definition) is 0. The summed E-state index contributed by atoms with van der Waals surface area (Å²) in [5.41, 5.74) is 5.49. The number of methoxy groups -OCH3 is 1. The quantitative estimate of drug-likeness (QED) is 0.677. The van der Waals surface area contributed by atoms with Crippen LogP contribution in [0, 0.1) is 13.8 Å². The van der Waals surface area contributed by atoms with Gasteiger partial charge in [-0.1, -0.05) is 30.3 Å². The lowest BCUT2D eigenvalue weighted by Gasteiger charge is -2.11. The Morgan fingerprint density at radius 2 is 1.70 bits per heavy atom. The van der Waals surface area contributed by atoms with Crippen LogP contribution in [0.4, 0.5) is 0 Å². The number of pyridine rings is 1. The first-order valence-corrected chi connectivity index (χ1v) is 6.71. The van der Waals surface area contributed by atoms with E-state index in [2.05, 4.69) is 38.1 Å². The van der Waals surface area contributed by atoms with Crippen LogP contribution in [-0.4, -0.2) is 12.1 Å². The molecule has 2 aromatic carbocycles. The number of ether oxygens (including phenoxy) is 1. The molecule has 1 aromatic heterocycles. The Morgan fingerprint density at radius 1 is 0.950 bits per heavy atom. The topological polar surface area (TPSA) is 22.1 Å². The summed E-state index contributed by atoms with van der Waals surface area (Å²) in [6.07, 6.45) is 0. The van der Waals surface area contributed by atoms with E-state index in [4.69, 9.17) is 9.72 Å². The Labute approximate surface area is 119 Å². The van der Waals surface area contributed by atoms with Crippen LogP contribution < -0.4 is 4.74 Å². The zero-order chi connectivity index (χ0) is 14.1. The van der Waals surface area contributed by atoms with Crippen LogP contribution in [0.1, 0.15) is 11.1 Å². The average Bonchev–Trinajstić information content (AvgIpc) is 2.49. The van der Waals surface area contributed by atoms with E-state index in [-0.39, 0.29) is 0 Å². The van der Waals surface area contributed by atoms with Gasteiger partial charge in [0.1, 0.15) is 5.75 Å². The summed E-state index contributed by atoms with van der Waals surface area (Å²) in [7, 11) is 1.70. The predicted octanol–water partition coefficient (Wildman–Crippen LogP) is 4.53. The number of aryl methyl sites for hydroxylation is 2. The van der Waals surface area contributed by atoms with Gasteiger partial charge in [-0.25, -0.2) is 4.98 Å². The fourth-order valence-electron chi connectivity index (χ4n) is 2.56. The fraction of sp³-hybridized carbons (Fsp3) is 0.167. The second-order valence-electron chi connectivity index (χ2n) is 4.98. The van der Waals surface area contributed by atoms with E-state index in [0.717, 1.165) is 28.1 Å². The van der Waals surface area contributed by atoms with E-state index in [0.29, 0.717) is 0 Å². The van der Waals surface area contributed by atoms with E-state index < -0.39 is 0 Å². The molecule has 1 heterocycles.